The van der Waals surface area contributed by atoms with Crippen LogP contribution in [0, 0.1) is 0 Å². The Balaban J connectivity index is 1.41. The van der Waals surface area contributed by atoms with Crippen LogP contribution in [0.2, 0.25) is 5.02 Å². The first-order valence-electron chi connectivity index (χ1n) is 8.30. The summed E-state index contributed by atoms with van der Waals surface area (Å²) in [5, 5.41) is 8.49. The van der Waals surface area contributed by atoms with Crippen LogP contribution in [0.3, 0.4) is 0 Å². The molecule has 0 unspecified atom stereocenters. The minimum absolute atomic E-state index is 0.109. The lowest BCUT2D eigenvalue weighted by Crippen LogP contribution is -2.42. The highest BCUT2D eigenvalue weighted by molar-refractivity contribution is 6.30. The molecule has 1 aromatic heterocycles. The standard InChI is InChI=1S/C19H17ClN4O3/c20-15-8-6-13(7-9-15)12-17(26)22-21-16(25)10-11-18-23-24-19(27-18)14-4-2-1-3-5-14/h1-9H,10-12H2,(H,21,25)(H,22,26). The van der Waals surface area contributed by atoms with Gasteiger partial charge >= 0.3 is 0 Å². The molecular weight excluding hydrogens is 368 g/mol. The third-order valence-electron chi connectivity index (χ3n) is 3.67. The van der Waals surface area contributed by atoms with Crippen molar-refractivity contribution < 1.29 is 14.0 Å². The molecule has 27 heavy (non-hydrogen) atoms. The topological polar surface area (TPSA) is 97.1 Å². The maximum atomic E-state index is 11.9. The van der Waals surface area contributed by atoms with Crippen LogP contribution >= 0.6 is 11.6 Å². The van der Waals surface area contributed by atoms with Gasteiger partial charge in [0.2, 0.25) is 23.6 Å². The number of aryl methyl sites for hydroxylation is 1. The van der Waals surface area contributed by atoms with E-state index in [4.69, 9.17) is 16.0 Å². The first-order chi connectivity index (χ1) is 13.1. The summed E-state index contributed by atoms with van der Waals surface area (Å²) in [7, 11) is 0. The Bertz CT molecular complexity index is 910. The molecule has 0 saturated heterocycles. The molecule has 0 saturated carbocycles. The summed E-state index contributed by atoms with van der Waals surface area (Å²) >= 11 is 5.80. The molecule has 138 valence electrons. The van der Waals surface area contributed by atoms with Gasteiger partial charge in [-0.3, -0.25) is 20.4 Å². The Labute approximate surface area is 160 Å². The Morgan fingerprint density at radius 3 is 2.37 bits per heavy atom. The van der Waals surface area contributed by atoms with Crippen LogP contribution in [0.1, 0.15) is 17.9 Å². The van der Waals surface area contributed by atoms with E-state index in [0.29, 0.717) is 16.8 Å². The third kappa shape index (κ3) is 5.65. The van der Waals surface area contributed by atoms with Gasteiger partial charge < -0.3 is 4.42 Å². The molecule has 3 aromatic rings. The summed E-state index contributed by atoms with van der Waals surface area (Å²) in [6, 6.07) is 16.3. The van der Waals surface area contributed by atoms with Crippen molar-refractivity contribution in [2.45, 2.75) is 19.3 Å². The van der Waals surface area contributed by atoms with Gasteiger partial charge in [0, 0.05) is 23.4 Å². The lowest BCUT2D eigenvalue weighted by molar-refractivity contribution is -0.128. The molecule has 0 bridgehead atoms. The van der Waals surface area contributed by atoms with Crippen molar-refractivity contribution in [2.75, 3.05) is 0 Å². The van der Waals surface area contributed by atoms with Gasteiger partial charge in [-0.15, -0.1) is 10.2 Å². The second-order valence-electron chi connectivity index (χ2n) is 5.77. The van der Waals surface area contributed by atoms with Crippen molar-refractivity contribution in [2.24, 2.45) is 0 Å². The lowest BCUT2D eigenvalue weighted by Gasteiger charge is -2.07. The van der Waals surface area contributed by atoms with Crippen molar-refractivity contribution in [1.29, 1.82) is 0 Å². The average molecular weight is 385 g/mol. The van der Waals surface area contributed by atoms with Gasteiger partial charge in [-0.1, -0.05) is 41.9 Å². The number of aromatic nitrogens is 2. The molecule has 0 radical (unpaired) electrons. The van der Waals surface area contributed by atoms with Crippen LogP contribution in [-0.2, 0) is 22.4 Å². The lowest BCUT2D eigenvalue weighted by atomic mass is 10.1. The third-order valence-corrected chi connectivity index (χ3v) is 3.92. The Morgan fingerprint density at radius 1 is 0.926 bits per heavy atom. The summed E-state index contributed by atoms with van der Waals surface area (Å²) in [6.07, 6.45) is 0.526. The number of amides is 2. The molecule has 0 atom stereocenters. The van der Waals surface area contributed by atoms with E-state index < -0.39 is 0 Å². The fraction of sp³-hybridized carbons (Fsp3) is 0.158. The molecule has 0 aliphatic rings. The Morgan fingerprint density at radius 2 is 1.63 bits per heavy atom. The number of nitrogens with one attached hydrogen (secondary N) is 2. The zero-order valence-corrected chi connectivity index (χ0v) is 15.1. The van der Waals surface area contributed by atoms with E-state index in [-0.39, 0.29) is 31.1 Å². The molecule has 0 aliphatic heterocycles. The average Bonchev–Trinajstić information content (AvgIpc) is 3.16. The fourth-order valence-corrected chi connectivity index (χ4v) is 2.43. The monoisotopic (exact) mass is 384 g/mol. The zero-order chi connectivity index (χ0) is 19.1. The SMILES string of the molecule is O=C(CCc1nnc(-c2ccccc2)o1)NNC(=O)Cc1ccc(Cl)cc1. The maximum absolute atomic E-state index is 11.9. The smallest absolute Gasteiger partial charge is 0.247 e. The minimum Gasteiger partial charge on any atom is -0.421 e. The first-order valence-corrected chi connectivity index (χ1v) is 8.68. The number of nitrogens with zero attached hydrogens (tertiary/aromatic N) is 2. The maximum Gasteiger partial charge on any atom is 0.247 e. The summed E-state index contributed by atoms with van der Waals surface area (Å²) in [4.78, 5) is 23.7. The van der Waals surface area contributed by atoms with Crippen molar-refractivity contribution >= 4 is 23.4 Å². The number of halogens is 1. The molecule has 2 aromatic carbocycles. The van der Waals surface area contributed by atoms with E-state index >= 15 is 0 Å². The van der Waals surface area contributed by atoms with Gasteiger partial charge in [-0.25, -0.2) is 0 Å². The van der Waals surface area contributed by atoms with Crippen LogP contribution in [0.5, 0.6) is 0 Å². The first kappa shape index (κ1) is 18.6. The van der Waals surface area contributed by atoms with Gasteiger partial charge in [0.1, 0.15) is 0 Å². The summed E-state index contributed by atoms with van der Waals surface area (Å²) in [5.41, 5.74) is 6.35. The number of hydrogen-bond acceptors (Lipinski definition) is 5. The van der Waals surface area contributed by atoms with E-state index in [1.54, 1.807) is 24.3 Å². The van der Waals surface area contributed by atoms with Crippen molar-refractivity contribution in [3.63, 3.8) is 0 Å². The Hall–Kier alpha value is -3.19. The number of hydrogen-bond donors (Lipinski definition) is 2. The molecule has 0 aliphatic carbocycles. The largest absolute Gasteiger partial charge is 0.421 e. The molecule has 2 N–H and O–H groups in total. The molecule has 8 heteroatoms. The van der Waals surface area contributed by atoms with Crippen LogP contribution in [0.25, 0.3) is 11.5 Å². The number of carbonyl (C=O) groups excluding carboxylic acids is 2. The molecule has 1 heterocycles. The zero-order valence-electron chi connectivity index (χ0n) is 14.3. The number of hydrazine groups is 1. The number of rotatable bonds is 6. The molecule has 7 nitrogen and oxygen atoms in total. The normalized spacial score (nSPS) is 10.4. The van der Waals surface area contributed by atoms with Crippen LogP contribution in [-0.4, -0.2) is 22.0 Å². The second kappa shape index (κ2) is 8.95. The molecule has 3 rings (SSSR count). The van der Waals surface area contributed by atoms with Gasteiger partial charge in [-0.2, -0.15) is 0 Å². The van der Waals surface area contributed by atoms with E-state index in [1.165, 1.54) is 0 Å². The van der Waals surface area contributed by atoms with Crippen molar-refractivity contribution in [3.8, 4) is 11.5 Å². The van der Waals surface area contributed by atoms with Gasteiger partial charge in [0.05, 0.1) is 6.42 Å². The van der Waals surface area contributed by atoms with Gasteiger partial charge in [0.15, 0.2) is 0 Å². The highest BCUT2D eigenvalue weighted by atomic mass is 35.5. The predicted octanol–water partition coefficient (Wildman–Crippen LogP) is 2.71. The number of carbonyl (C=O) groups is 2. The van der Waals surface area contributed by atoms with E-state index in [1.807, 2.05) is 30.3 Å². The molecule has 0 spiro atoms. The highest BCUT2D eigenvalue weighted by Crippen LogP contribution is 2.17. The molecular formula is C19H17ClN4O3. The summed E-state index contributed by atoms with van der Waals surface area (Å²) in [5.74, 6) is 0.0903. The van der Waals surface area contributed by atoms with Gasteiger partial charge in [-0.05, 0) is 29.8 Å². The van der Waals surface area contributed by atoms with Crippen LogP contribution in [0.4, 0.5) is 0 Å². The highest BCUT2D eigenvalue weighted by Gasteiger charge is 2.11. The summed E-state index contributed by atoms with van der Waals surface area (Å²) < 4.78 is 5.53. The fourth-order valence-electron chi connectivity index (χ4n) is 2.31. The second-order valence-corrected chi connectivity index (χ2v) is 6.20. The minimum atomic E-state index is -0.348. The molecule has 2 amide bonds. The van der Waals surface area contributed by atoms with E-state index in [0.717, 1.165) is 11.1 Å². The van der Waals surface area contributed by atoms with E-state index in [2.05, 4.69) is 21.0 Å². The quantitative estimate of drug-likeness (QED) is 0.637. The van der Waals surface area contributed by atoms with Crippen LogP contribution < -0.4 is 10.9 Å². The summed E-state index contributed by atoms with van der Waals surface area (Å²) in [6.45, 7) is 0. The van der Waals surface area contributed by atoms with Gasteiger partial charge in [0.25, 0.3) is 0 Å². The number of benzene rings is 2. The van der Waals surface area contributed by atoms with Crippen molar-refractivity contribution in [3.05, 3.63) is 71.1 Å². The van der Waals surface area contributed by atoms with Crippen molar-refractivity contribution in [1.82, 2.24) is 21.0 Å². The Kier molecular flexibility index (Phi) is 6.17. The van der Waals surface area contributed by atoms with E-state index in [9.17, 15) is 9.59 Å². The predicted molar refractivity (Wildman–Crippen MR) is 99.5 cm³/mol. The molecule has 0 fully saturated rings. The van der Waals surface area contributed by atoms with Crippen LogP contribution in [0.15, 0.2) is 59.0 Å².